The summed E-state index contributed by atoms with van der Waals surface area (Å²) in [6, 6.07) is 4.94. The summed E-state index contributed by atoms with van der Waals surface area (Å²) in [7, 11) is 1.53. The largest absolute Gasteiger partial charge is 0.493 e. The number of furan rings is 1. The monoisotopic (exact) mass is 250 g/mol. The minimum Gasteiger partial charge on any atom is -0.493 e. The SMILES string of the molecule is CCOC(=O)C(O)c1ccc(OC)c2occc12. The van der Waals surface area contributed by atoms with Crippen LogP contribution in [0.4, 0.5) is 0 Å². The third-order valence-electron chi connectivity index (χ3n) is 2.64. The molecular formula is C13H14O5. The van der Waals surface area contributed by atoms with E-state index in [-0.39, 0.29) is 6.61 Å². The molecule has 2 aromatic rings. The van der Waals surface area contributed by atoms with Gasteiger partial charge in [0.25, 0.3) is 0 Å². The number of carbonyl (C=O) groups excluding carboxylic acids is 1. The molecule has 0 spiro atoms. The smallest absolute Gasteiger partial charge is 0.339 e. The minimum atomic E-state index is -1.32. The normalized spacial score (nSPS) is 12.4. The molecule has 0 aliphatic carbocycles. The van der Waals surface area contributed by atoms with Crippen LogP contribution in [0.15, 0.2) is 28.9 Å². The van der Waals surface area contributed by atoms with Crippen molar-refractivity contribution in [1.29, 1.82) is 0 Å². The lowest BCUT2D eigenvalue weighted by atomic mass is 10.0. The van der Waals surface area contributed by atoms with Gasteiger partial charge in [0.2, 0.25) is 0 Å². The summed E-state index contributed by atoms with van der Waals surface area (Å²) < 4.78 is 15.2. The van der Waals surface area contributed by atoms with Crippen molar-refractivity contribution in [2.24, 2.45) is 0 Å². The third-order valence-corrected chi connectivity index (χ3v) is 2.64. The fourth-order valence-electron chi connectivity index (χ4n) is 1.81. The van der Waals surface area contributed by atoms with E-state index < -0.39 is 12.1 Å². The molecule has 1 heterocycles. The molecule has 0 radical (unpaired) electrons. The summed E-state index contributed by atoms with van der Waals surface area (Å²) >= 11 is 0. The van der Waals surface area contributed by atoms with E-state index in [0.717, 1.165) is 0 Å². The lowest BCUT2D eigenvalue weighted by Crippen LogP contribution is -2.15. The number of aliphatic hydroxyl groups is 1. The van der Waals surface area contributed by atoms with Crippen molar-refractivity contribution in [3.05, 3.63) is 30.0 Å². The first-order valence-electron chi connectivity index (χ1n) is 5.57. The van der Waals surface area contributed by atoms with Gasteiger partial charge >= 0.3 is 5.97 Å². The number of methoxy groups -OCH3 is 1. The fourth-order valence-corrected chi connectivity index (χ4v) is 1.81. The van der Waals surface area contributed by atoms with Crippen molar-refractivity contribution in [2.45, 2.75) is 13.0 Å². The van der Waals surface area contributed by atoms with Crippen LogP contribution >= 0.6 is 0 Å². The summed E-state index contributed by atoms with van der Waals surface area (Å²) in [5, 5.41) is 10.6. The van der Waals surface area contributed by atoms with Gasteiger partial charge in [-0.15, -0.1) is 0 Å². The van der Waals surface area contributed by atoms with Gasteiger partial charge in [0.15, 0.2) is 17.4 Å². The Labute approximate surface area is 104 Å². The van der Waals surface area contributed by atoms with Gasteiger partial charge in [-0.2, -0.15) is 0 Å². The van der Waals surface area contributed by atoms with Gasteiger partial charge in [-0.25, -0.2) is 4.79 Å². The highest BCUT2D eigenvalue weighted by Crippen LogP contribution is 2.32. The number of carbonyl (C=O) groups is 1. The predicted octanol–water partition coefficient (Wildman–Crippen LogP) is 2.04. The molecule has 1 N–H and O–H groups in total. The molecule has 2 rings (SSSR count). The third kappa shape index (κ3) is 2.04. The van der Waals surface area contributed by atoms with Gasteiger partial charge in [-0.1, -0.05) is 6.07 Å². The van der Waals surface area contributed by atoms with E-state index in [0.29, 0.717) is 22.3 Å². The number of hydrogen-bond donors (Lipinski definition) is 1. The van der Waals surface area contributed by atoms with E-state index in [1.807, 2.05) is 0 Å². The number of ether oxygens (including phenoxy) is 2. The zero-order valence-electron chi connectivity index (χ0n) is 10.2. The summed E-state index contributed by atoms with van der Waals surface area (Å²) in [5.74, 6) is -0.125. The van der Waals surface area contributed by atoms with Gasteiger partial charge in [0.1, 0.15) is 0 Å². The van der Waals surface area contributed by atoms with E-state index in [9.17, 15) is 9.90 Å². The molecule has 0 saturated heterocycles. The summed E-state index contributed by atoms with van der Waals surface area (Å²) in [6.07, 6.45) is 0.158. The highest BCUT2D eigenvalue weighted by Gasteiger charge is 2.22. The second-order valence-electron chi connectivity index (χ2n) is 3.68. The molecule has 1 atom stereocenters. The van der Waals surface area contributed by atoms with Crippen molar-refractivity contribution in [3.63, 3.8) is 0 Å². The van der Waals surface area contributed by atoms with Gasteiger partial charge in [-0.3, -0.25) is 0 Å². The Morgan fingerprint density at radius 3 is 2.89 bits per heavy atom. The molecule has 0 aliphatic heterocycles. The number of fused-ring (bicyclic) bond motifs is 1. The van der Waals surface area contributed by atoms with Gasteiger partial charge < -0.3 is 19.0 Å². The van der Waals surface area contributed by atoms with E-state index in [2.05, 4.69) is 0 Å². The first-order chi connectivity index (χ1) is 8.69. The maximum atomic E-state index is 11.5. The molecule has 0 aliphatic rings. The van der Waals surface area contributed by atoms with E-state index >= 15 is 0 Å². The number of aliphatic hydroxyl groups excluding tert-OH is 1. The second kappa shape index (κ2) is 5.10. The Morgan fingerprint density at radius 2 is 2.22 bits per heavy atom. The van der Waals surface area contributed by atoms with E-state index in [1.54, 1.807) is 25.1 Å². The van der Waals surface area contributed by atoms with Crippen molar-refractivity contribution in [2.75, 3.05) is 13.7 Å². The highest BCUT2D eigenvalue weighted by molar-refractivity contribution is 5.90. The maximum Gasteiger partial charge on any atom is 0.339 e. The highest BCUT2D eigenvalue weighted by atomic mass is 16.5. The fraction of sp³-hybridized carbons (Fsp3) is 0.308. The van der Waals surface area contributed by atoms with Crippen LogP contribution < -0.4 is 4.74 Å². The van der Waals surface area contributed by atoms with Crippen LogP contribution in [0, 0.1) is 0 Å². The van der Waals surface area contributed by atoms with Gasteiger partial charge in [0.05, 0.1) is 20.0 Å². The standard InChI is InChI=1S/C13H14O5/c1-3-17-13(15)11(14)8-4-5-10(16-2)12-9(8)6-7-18-12/h4-7,11,14H,3H2,1-2H3. The van der Waals surface area contributed by atoms with Crippen LogP contribution in [0.2, 0.25) is 0 Å². The van der Waals surface area contributed by atoms with Crippen LogP contribution in [0.25, 0.3) is 11.0 Å². The van der Waals surface area contributed by atoms with E-state index in [1.165, 1.54) is 13.4 Å². The quantitative estimate of drug-likeness (QED) is 0.841. The Hall–Kier alpha value is -2.01. The van der Waals surface area contributed by atoms with Crippen LogP contribution in [-0.2, 0) is 9.53 Å². The lowest BCUT2D eigenvalue weighted by molar-refractivity contribution is -0.153. The van der Waals surface area contributed by atoms with Gasteiger partial charge in [0, 0.05) is 10.9 Å². The molecule has 0 fully saturated rings. The first kappa shape index (κ1) is 12.4. The molecule has 0 bridgehead atoms. The maximum absolute atomic E-state index is 11.5. The average Bonchev–Trinajstić information content (AvgIpc) is 2.86. The van der Waals surface area contributed by atoms with Crippen LogP contribution in [0.1, 0.15) is 18.6 Å². The second-order valence-corrected chi connectivity index (χ2v) is 3.68. The summed E-state index contributed by atoms with van der Waals surface area (Å²) in [4.78, 5) is 11.5. The molecular weight excluding hydrogens is 236 g/mol. The van der Waals surface area contributed by atoms with Crippen molar-refractivity contribution in [3.8, 4) is 5.75 Å². The molecule has 1 aromatic carbocycles. The van der Waals surface area contributed by atoms with Crippen molar-refractivity contribution < 1.29 is 23.8 Å². The molecule has 5 heteroatoms. The van der Waals surface area contributed by atoms with Crippen molar-refractivity contribution >= 4 is 16.9 Å². The molecule has 96 valence electrons. The lowest BCUT2D eigenvalue weighted by Gasteiger charge is -2.11. The number of benzene rings is 1. The number of esters is 1. The topological polar surface area (TPSA) is 68.9 Å². The number of rotatable bonds is 4. The Balaban J connectivity index is 2.46. The molecule has 1 aromatic heterocycles. The molecule has 18 heavy (non-hydrogen) atoms. The molecule has 0 saturated carbocycles. The predicted molar refractivity (Wildman–Crippen MR) is 64.4 cm³/mol. The van der Waals surface area contributed by atoms with Crippen LogP contribution in [0.3, 0.4) is 0 Å². The summed E-state index contributed by atoms with van der Waals surface area (Å²) in [5.41, 5.74) is 0.941. The van der Waals surface area contributed by atoms with Crippen molar-refractivity contribution in [1.82, 2.24) is 0 Å². The average molecular weight is 250 g/mol. The van der Waals surface area contributed by atoms with Crippen LogP contribution in [0.5, 0.6) is 5.75 Å². The zero-order chi connectivity index (χ0) is 13.1. The molecule has 5 nitrogen and oxygen atoms in total. The van der Waals surface area contributed by atoms with Crippen LogP contribution in [-0.4, -0.2) is 24.8 Å². The Morgan fingerprint density at radius 1 is 1.44 bits per heavy atom. The minimum absolute atomic E-state index is 0.223. The van der Waals surface area contributed by atoms with E-state index in [4.69, 9.17) is 13.9 Å². The molecule has 1 unspecified atom stereocenters. The Bertz CT molecular complexity index is 558. The Kier molecular flexibility index (Phi) is 3.53. The zero-order valence-corrected chi connectivity index (χ0v) is 10.2. The summed E-state index contributed by atoms with van der Waals surface area (Å²) in [6.45, 7) is 1.91. The molecule has 0 amide bonds. The van der Waals surface area contributed by atoms with Gasteiger partial charge in [-0.05, 0) is 19.1 Å². The number of hydrogen-bond acceptors (Lipinski definition) is 5. The first-order valence-corrected chi connectivity index (χ1v) is 5.57.